The lowest BCUT2D eigenvalue weighted by Gasteiger charge is -2.41. The Labute approximate surface area is 236 Å². The first-order valence-corrected chi connectivity index (χ1v) is 15.9. The Balaban J connectivity index is 2.38. The summed E-state index contributed by atoms with van der Waals surface area (Å²) < 4.78 is 25.8. The number of carbonyl (C=O) groups is 1. The first-order valence-electron chi connectivity index (χ1n) is 14.3. The van der Waals surface area contributed by atoms with E-state index >= 15 is 0 Å². The summed E-state index contributed by atoms with van der Waals surface area (Å²) in [5.41, 5.74) is 0. The van der Waals surface area contributed by atoms with E-state index in [2.05, 4.69) is 20.8 Å². The molecule has 0 aliphatic carbocycles. The summed E-state index contributed by atoms with van der Waals surface area (Å²) in [7, 11) is -2.58. The molecule has 3 aromatic rings. The fourth-order valence-electron chi connectivity index (χ4n) is 4.05. The maximum absolute atomic E-state index is 13.2. The van der Waals surface area contributed by atoms with Gasteiger partial charge in [0.2, 0.25) is 0 Å². The first-order chi connectivity index (χ1) is 19.1. The van der Waals surface area contributed by atoms with Crippen LogP contribution in [-0.2, 0) is 8.98 Å². The molecule has 3 rings (SSSR count). The van der Waals surface area contributed by atoms with Crippen LogP contribution in [0.2, 0.25) is 0 Å². The molecule has 0 N–H and O–H groups in total. The Morgan fingerprint density at radius 2 is 1.08 bits per heavy atom. The molecule has 0 unspecified atom stereocenters. The molecule has 0 saturated carbocycles. The molecule has 0 aliphatic rings. The molecule has 0 aromatic heterocycles. The van der Waals surface area contributed by atoms with Crippen LogP contribution in [0.1, 0.15) is 72.6 Å². The largest absolute Gasteiger partial charge is 0.493 e. The third-order valence-electron chi connectivity index (χ3n) is 6.22. The van der Waals surface area contributed by atoms with Crippen LogP contribution in [-0.4, -0.2) is 25.8 Å². The van der Waals surface area contributed by atoms with Crippen LogP contribution in [0, 0.1) is 0 Å². The maximum atomic E-state index is 13.2. The van der Waals surface area contributed by atoms with E-state index in [1.165, 1.54) is 0 Å². The first kappa shape index (κ1) is 30.4. The predicted octanol–water partition coefficient (Wildman–Crippen LogP) is 9.37. The zero-order chi connectivity index (χ0) is 27.9. The van der Waals surface area contributed by atoms with Crippen molar-refractivity contribution in [3.63, 3.8) is 0 Å². The van der Waals surface area contributed by atoms with Crippen LogP contribution >= 0.6 is 10.3 Å². The van der Waals surface area contributed by atoms with Crippen LogP contribution < -0.4 is 14.2 Å². The zero-order valence-electron chi connectivity index (χ0n) is 23.9. The average Bonchev–Trinajstić information content (AvgIpc) is 2.97. The molecule has 5 nitrogen and oxygen atoms in total. The lowest BCUT2D eigenvalue weighted by Crippen LogP contribution is -2.16. The van der Waals surface area contributed by atoms with E-state index in [-0.39, 0.29) is 12.4 Å². The van der Waals surface area contributed by atoms with Gasteiger partial charge in [-0.2, -0.15) is 0 Å². The van der Waals surface area contributed by atoms with Gasteiger partial charge in [0.05, 0.1) is 19.8 Å². The SMILES string of the molecule is CCCCOc1cc(OCCCC)c(S(OC(=O)CC)(c2ccccc2)c2ccccc2)c(OCCCC)c1. The van der Waals surface area contributed by atoms with Crippen molar-refractivity contribution in [3.05, 3.63) is 72.8 Å². The molecule has 0 aliphatic heterocycles. The molecular weight excluding hydrogens is 508 g/mol. The highest BCUT2D eigenvalue weighted by Gasteiger charge is 2.41. The van der Waals surface area contributed by atoms with Crippen LogP contribution in [0.5, 0.6) is 17.2 Å². The number of carbonyl (C=O) groups excluding carboxylic acids is 1. The van der Waals surface area contributed by atoms with Gasteiger partial charge in [0.15, 0.2) is 0 Å². The van der Waals surface area contributed by atoms with Crippen LogP contribution in [0.25, 0.3) is 0 Å². The highest BCUT2D eigenvalue weighted by molar-refractivity contribution is 8.30. The molecule has 0 heterocycles. The van der Waals surface area contributed by atoms with Crippen molar-refractivity contribution in [1.29, 1.82) is 0 Å². The number of hydrogen-bond acceptors (Lipinski definition) is 5. The summed E-state index contributed by atoms with van der Waals surface area (Å²) in [6.07, 6.45) is 6.06. The summed E-state index contributed by atoms with van der Waals surface area (Å²) in [5.74, 6) is 1.69. The molecular formula is C33H44O5S. The normalized spacial score (nSPS) is 11.6. The summed E-state index contributed by atoms with van der Waals surface area (Å²) in [6, 6.07) is 23.9. The minimum Gasteiger partial charge on any atom is -0.493 e. The highest BCUT2D eigenvalue weighted by Crippen LogP contribution is 2.73. The molecule has 0 bridgehead atoms. The smallest absolute Gasteiger partial charge is 0.316 e. The zero-order valence-corrected chi connectivity index (χ0v) is 24.8. The number of rotatable bonds is 17. The number of benzene rings is 3. The predicted molar refractivity (Wildman–Crippen MR) is 159 cm³/mol. The number of ether oxygens (including phenoxy) is 3. The molecule has 0 spiro atoms. The van der Waals surface area contributed by atoms with E-state index in [9.17, 15) is 4.79 Å². The molecule has 39 heavy (non-hydrogen) atoms. The third-order valence-corrected chi connectivity index (χ3v) is 9.50. The Bertz CT molecular complexity index is 1060. The summed E-state index contributed by atoms with van der Waals surface area (Å²) in [4.78, 5) is 15.8. The lowest BCUT2D eigenvalue weighted by molar-refractivity contribution is -0.133. The van der Waals surface area contributed by atoms with Crippen molar-refractivity contribution in [3.8, 4) is 17.2 Å². The van der Waals surface area contributed by atoms with Gasteiger partial charge in [-0.1, -0.05) is 83.4 Å². The van der Waals surface area contributed by atoms with E-state index < -0.39 is 10.3 Å². The van der Waals surface area contributed by atoms with Gasteiger partial charge < -0.3 is 18.4 Å². The second-order valence-electron chi connectivity index (χ2n) is 9.35. The van der Waals surface area contributed by atoms with Crippen molar-refractivity contribution in [1.82, 2.24) is 0 Å². The second kappa shape index (κ2) is 16.1. The van der Waals surface area contributed by atoms with Gasteiger partial charge in [-0.05, 0) is 43.5 Å². The number of hydrogen-bond donors (Lipinski definition) is 0. The lowest BCUT2D eigenvalue weighted by atomic mass is 10.2. The molecule has 0 atom stereocenters. The molecule has 0 fully saturated rings. The van der Waals surface area contributed by atoms with Gasteiger partial charge >= 0.3 is 5.97 Å². The van der Waals surface area contributed by atoms with Crippen LogP contribution in [0.15, 0.2) is 87.5 Å². The van der Waals surface area contributed by atoms with E-state index in [1.807, 2.05) is 79.7 Å². The minimum atomic E-state index is -2.58. The van der Waals surface area contributed by atoms with Gasteiger partial charge in [0.1, 0.15) is 22.1 Å². The van der Waals surface area contributed by atoms with Crippen LogP contribution in [0.3, 0.4) is 0 Å². The van der Waals surface area contributed by atoms with E-state index in [0.717, 1.165) is 53.2 Å². The second-order valence-corrected chi connectivity index (χ2v) is 12.0. The van der Waals surface area contributed by atoms with Gasteiger partial charge in [-0.3, -0.25) is 4.79 Å². The summed E-state index contributed by atoms with van der Waals surface area (Å²) in [6.45, 7) is 9.93. The van der Waals surface area contributed by atoms with Crippen LogP contribution in [0.4, 0.5) is 0 Å². The Kier molecular flexibility index (Phi) is 12.6. The van der Waals surface area contributed by atoms with Gasteiger partial charge in [0, 0.05) is 38.7 Å². The average molecular weight is 553 g/mol. The van der Waals surface area contributed by atoms with Crippen molar-refractivity contribution in [2.75, 3.05) is 19.8 Å². The fourth-order valence-corrected chi connectivity index (χ4v) is 7.35. The quantitative estimate of drug-likeness (QED) is 0.156. The Hall–Kier alpha value is -3.12. The molecule has 6 heteroatoms. The maximum Gasteiger partial charge on any atom is 0.316 e. The molecule has 0 amide bonds. The third kappa shape index (κ3) is 7.95. The summed E-state index contributed by atoms with van der Waals surface area (Å²) in [5, 5.41) is 0. The van der Waals surface area contributed by atoms with Crippen molar-refractivity contribution < 1.29 is 23.2 Å². The molecule has 3 aromatic carbocycles. The molecule has 0 radical (unpaired) electrons. The van der Waals surface area contributed by atoms with E-state index in [4.69, 9.17) is 18.4 Å². The van der Waals surface area contributed by atoms with E-state index in [0.29, 0.717) is 37.1 Å². The molecule has 0 saturated heterocycles. The standard InChI is InChI=1S/C33H44O5S/c1-5-9-22-35-27-25-30(36-23-10-6-2)33(31(26-27)37-24-11-7-3)39(38-32(34)8-4,28-18-14-12-15-19-28)29-20-16-13-17-21-29/h12-21,25-26H,5-11,22-24H2,1-4H3. The van der Waals surface area contributed by atoms with Gasteiger partial charge in [0.25, 0.3) is 0 Å². The van der Waals surface area contributed by atoms with Crippen molar-refractivity contribution in [2.45, 2.75) is 87.3 Å². The van der Waals surface area contributed by atoms with Crippen molar-refractivity contribution in [2.24, 2.45) is 0 Å². The Morgan fingerprint density at radius 1 is 0.641 bits per heavy atom. The minimum absolute atomic E-state index is 0.255. The van der Waals surface area contributed by atoms with Crippen molar-refractivity contribution >= 4 is 16.3 Å². The molecule has 212 valence electrons. The number of unbranched alkanes of at least 4 members (excludes halogenated alkanes) is 3. The topological polar surface area (TPSA) is 54.0 Å². The van der Waals surface area contributed by atoms with E-state index in [1.54, 1.807) is 0 Å². The monoisotopic (exact) mass is 552 g/mol. The van der Waals surface area contributed by atoms with Gasteiger partial charge in [-0.25, -0.2) is 0 Å². The Morgan fingerprint density at radius 3 is 1.49 bits per heavy atom. The summed E-state index contributed by atoms with van der Waals surface area (Å²) >= 11 is 0. The van der Waals surface area contributed by atoms with Gasteiger partial charge in [-0.15, -0.1) is 0 Å². The highest BCUT2D eigenvalue weighted by atomic mass is 32.3. The fraction of sp³-hybridized carbons (Fsp3) is 0.424.